The van der Waals surface area contributed by atoms with Gasteiger partial charge in [-0.15, -0.1) is 10.2 Å². The van der Waals surface area contributed by atoms with Gasteiger partial charge in [-0.1, -0.05) is 83.3 Å². The zero-order chi connectivity index (χ0) is 33.2. The van der Waals surface area contributed by atoms with Crippen LogP contribution >= 0.6 is 34.8 Å². The number of hydrogen-bond donors (Lipinski definition) is 4. The second-order valence-electron chi connectivity index (χ2n) is 10.2. The Morgan fingerprint density at radius 2 is 1.23 bits per heavy atom. The van der Waals surface area contributed by atoms with Crippen LogP contribution in [0, 0.1) is 0 Å². The van der Waals surface area contributed by atoms with Crippen molar-refractivity contribution >= 4 is 103 Å². The topological polar surface area (TPSA) is 136 Å². The summed E-state index contributed by atoms with van der Waals surface area (Å²) in [5.41, 5.74) is 0.959. The predicted octanol–water partition coefficient (Wildman–Crippen LogP) is 10.6. The fourth-order valence-electron chi connectivity index (χ4n) is 4.99. The number of fused-ring (bicyclic) bond motifs is 2. The van der Waals surface area contributed by atoms with Gasteiger partial charge >= 0.3 is 0 Å². The molecular formula is C35H22Cl3N5O4. The van der Waals surface area contributed by atoms with Crippen LogP contribution in [0.5, 0.6) is 11.5 Å². The normalized spacial score (nSPS) is 11.2. The van der Waals surface area contributed by atoms with E-state index in [-0.39, 0.29) is 44.6 Å². The smallest absolute Gasteiger partial charge is 0.259 e. The van der Waals surface area contributed by atoms with E-state index in [0.29, 0.717) is 37.3 Å². The van der Waals surface area contributed by atoms with Gasteiger partial charge in [-0.3, -0.25) is 14.6 Å². The Bertz CT molecular complexity index is 2290. The third-order valence-corrected chi connectivity index (χ3v) is 8.15. The lowest BCUT2D eigenvalue weighted by atomic mass is 10.0. The molecule has 0 saturated heterocycles. The summed E-state index contributed by atoms with van der Waals surface area (Å²) < 4.78 is 0. The second-order valence-corrected chi connectivity index (χ2v) is 11.5. The molecule has 0 atom stereocenters. The van der Waals surface area contributed by atoms with Crippen LogP contribution < -0.4 is 10.6 Å². The highest BCUT2D eigenvalue weighted by atomic mass is 35.5. The first kappa shape index (κ1) is 31.5. The third-order valence-electron chi connectivity index (χ3n) is 7.28. The van der Waals surface area contributed by atoms with Crippen LogP contribution in [-0.4, -0.2) is 28.7 Å². The number of carbonyl (C=O) groups is 2. The SMILES string of the molecule is C=Nc1c(O)c(C(=O)Nc2ccc(NC(=O)c3cc4ccccc4c(/N=N/c4cc(Cl)ccc4Cl)c3O)c(Cl)c2)cc2ccccc12. The highest BCUT2D eigenvalue weighted by Crippen LogP contribution is 2.41. The summed E-state index contributed by atoms with van der Waals surface area (Å²) in [6, 6.07) is 26.5. The molecule has 9 nitrogen and oxygen atoms in total. The molecule has 12 heteroatoms. The van der Waals surface area contributed by atoms with Gasteiger partial charge in [0.15, 0.2) is 11.5 Å². The van der Waals surface area contributed by atoms with Crippen LogP contribution in [0.25, 0.3) is 21.5 Å². The summed E-state index contributed by atoms with van der Waals surface area (Å²) in [5.74, 6) is -2.00. The maximum Gasteiger partial charge on any atom is 0.259 e. The van der Waals surface area contributed by atoms with Crippen LogP contribution in [0.3, 0.4) is 0 Å². The van der Waals surface area contributed by atoms with Gasteiger partial charge in [-0.05, 0) is 66.0 Å². The lowest BCUT2D eigenvalue weighted by Gasteiger charge is -2.14. The summed E-state index contributed by atoms with van der Waals surface area (Å²) in [5, 5.41) is 39.1. The number of phenols is 2. The Morgan fingerprint density at radius 1 is 0.638 bits per heavy atom. The minimum Gasteiger partial charge on any atom is -0.505 e. The van der Waals surface area contributed by atoms with E-state index >= 15 is 0 Å². The average molecular weight is 683 g/mol. The molecule has 0 heterocycles. The van der Waals surface area contributed by atoms with E-state index in [1.807, 2.05) is 0 Å². The van der Waals surface area contributed by atoms with Gasteiger partial charge in [0.1, 0.15) is 17.1 Å². The lowest BCUT2D eigenvalue weighted by Crippen LogP contribution is -2.14. The van der Waals surface area contributed by atoms with Gasteiger partial charge < -0.3 is 20.8 Å². The van der Waals surface area contributed by atoms with Crippen molar-refractivity contribution in [2.75, 3.05) is 10.6 Å². The highest BCUT2D eigenvalue weighted by molar-refractivity contribution is 6.35. The maximum absolute atomic E-state index is 13.5. The van der Waals surface area contributed by atoms with Gasteiger partial charge in [-0.25, -0.2) is 0 Å². The number of rotatable bonds is 7. The van der Waals surface area contributed by atoms with Crippen molar-refractivity contribution in [1.82, 2.24) is 0 Å². The molecule has 0 radical (unpaired) electrons. The molecule has 0 saturated carbocycles. The number of halogens is 3. The first-order valence-electron chi connectivity index (χ1n) is 13.9. The van der Waals surface area contributed by atoms with Crippen molar-refractivity contribution in [3.8, 4) is 11.5 Å². The van der Waals surface area contributed by atoms with Crippen LogP contribution in [0.15, 0.2) is 112 Å². The molecule has 2 amide bonds. The van der Waals surface area contributed by atoms with Crippen molar-refractivity contribution in [2.45, 2.75) is 0 Å². The summed E-state index contributed by atoms with van der Waals surface area (Å²) >= 11 is 18.8. The predicted molar refractivity (Wildman–Crippen MR) is 188 cm³/mol. The molecule has 232 valence electrons. The fraction of sp³-hybridized carbons (Fsp3) is 0. The summed E-state index contributed by atoms with van der Waals surface area (Å²) in [6.07, 6.45) is 0. The number of aromatic hydroxyl groups is 2. The molecule has 0 fully saturated rings. The Morgan fingerprint density at radius 3 is 1.87 bits per heavy atom. The monoisotopic (exact) mass is 681 g/mol. The summed E-state index contributed by atoms with van der Waals surface area (Å²) in [7, 11) is 0. The number of carbonyl (C=O) groups excluding carboxylic acids is 2. The Labute approximate surface area is 282 Å². The Kier molecular flexibility index (Phi) is 8.78. The molecule has 0 aliphatic carbocycles. The van der Waals surface area contributed by atoms with Crippen LogP contribution in [0.2, 0.25) is 15.1 Å². The van der Waals surface area contributed by atoms with Gasteiger partial charge in [0, 0.05) is 21.5 Å². The zero-order valence-corrected chi connectivity index (χ0v) is 26.4. The highest BCUT2D eigenvalue weighted by Gasteiger charge is 2.21. The third kappa shape index (κ3) is 6.32. The van der Waals surface area contributed by atoms with Crippen molar-refractivity contribution in [2.24, 2.45) is 15.2 Å². The summed E-state index contributed by atoms with van der Waals surface area (Å²) in [4.78, 5) is 30.5. The number of anilines is 2. The van der Waals surface area contributed by atoms with E-state index in [0.717, 1.165) is 0 Å². The maximum atomic E-state index is 13.5. The Balaban J connectivity index is 1.26. The van der Waals surface area contributed by atoms with E-state index in [2.05, 4.69) is 32.6 Å². The van der Waals surface area contributed by atoms with E-state index in [1.54, 1.807) is 66.7 Å². The number of benzene rings is 6. The van der Waals surface area contributed by atoms with Crippen LogP contribution in [-0.2, 0) is 0 Å². The number of phenolic OH excluding ortho intramolecular Hbond substituents is 2. The largest absolute Gasteiger partial charge is 0.505 e. The van der Waals surface area contributed by atoms with Gasteiger partial charge in [0.05, 0.1) is 26.9 Å². The molecular weight excluding hydrogens is 661 g/mol. The number of nitrogens with zero attached hydrogens (tertiary/aromatic N) is 3. The number of azo groups is 1. The second kappa shape index (κ2) is 13.1. The van der Waals surface area contributed by atoms with Gasteiger partial charge in [0.2, 0.25) is 0 Å². The standard InChI is InChI=1S/C35H22Cl3N5O4/c1-39-30-22-8-4-2-6-18(22)14-24(32(30)44)34(46)40-21-11-13-28(27(38)17-21)41-35(47)25-15-19-7-3-5-9-23(19)31(33(25)45)43-42-29-16-20(36)10-12-26(29)37/h2-17,44-45H,1H2,(H,40,46)(H,41,47)/b43-42+. The van der Waals surface area contributed by atoms with Crippen LogP contribution in [0.1, 0.15) is 20.7 Å². The molecule has 0 aliphatic rings. The van der Waals surface area contributed by atoms with Crippen molar-refractivity contribution < 1.29 is 19.8 Å². The van der Waals surface area contributed by atoms with Crippen molar-refractivity contribution in [3.05, 3.63) is 123 Å². The van der Waals surface area contributed by atoms with Crippen LogP contribution in [0.4, 0.5) is 28.4 Å². The molecule has 6 rings (SSSR count). The van der Waals surface area contributed by atoms with Gasteiger partial charge in [0.25, 0.3) is 11.8 Å². The molecule has 0 unspecified atom stereocenters. The summed E-state index contributed by atoms with van der Waals surface area (Å²) in [6.45, 7) is 3.52. The molecule has 6 aromatic carbocycles. The molecule has 0 aliphatic heterocycles. The molecule has 47 heavy (non-hydrogen) atoms. The average Bonchev–Trinajstić information content (AvgIpc) is 3.06. The fourth-order valence-corrected chi connectivity index (χ4v) is 5.54. The van der Waals surface area contributed by atoms with Gasteiger partial charge in [-0.2, -0.15) is 0 Å². The van der Waals surface area contributed by atoms with E-state index in [4.69, 9.17) is 34.8 Å². The molecule has 6 aromatic rings. The number of hydrogen-bond acceptors (Lipinski definition) is 7. The van der Waals surface area contributed by atoms with Crippen molar-refractivity contribution in [1.29, 1.82) is 0 Å². The minimum atomic E-state index is -0.672. The Hall–Kier alpha value is -5.48. The first-order chi connectivity index (χ1) is 22.6. The number of amides is 2. The quantitative estimate of drug-likeness (QED) is 0.0984. The molecule has 4 N–H and O–H groups in total. The molecule has 0 aromatic heterocycles. The van der Waals surface area contributed by atoms with E-state index < -0.39 is 17.6 Å². The molecule has 0 spiro atoms. The number of aliphatic imine (C=N–C) groups is 1. The van der Waals surface area contributed by atoms with E-state index in [1.165, 1.54) is 30.3 Å². The first-order valence-corrected chi connectivity index (χ1v) is 15.0. The van der Waals surface area contributed by atoms with Crippen molar-refractivity contribution in [3.63, 3.8) is 0 Å². The minimum absolute atomic E-state index is 0.00281. The lowest BCUT2D eigenvalue weighted by molar-refractivity contribution is 0.101. The number of nitrogens with one attached hydrogen (secondary N) is 2. The zero-order valence-electron chi connectivity index (χ0n) is 24.1. The van der Waals surface area contributed by atoms with E-state index in [9.17, 15) is 19.8 Å². The molecule has 0 bridgehead atoms.